The Labute approximate surface area is 122 Å². The Morgan fingerprint density at radius 3 is 2.85 bits per heavy atom. The SMILES string of the molecule is Cc1ccc2[nH]c(=S)n([C@@H]3C[C@@H]4C=C[C@H]3C4)c(=O)c2c1. The summed E-state index contributed by atoms with van der Waals surface area (Å²) in [7, 11) is 0. The molecular weight excluding hydrogens is 268 g/mol. The Bertz CT molecular complexity index is 846. The van der Waals surface area contributed by atoms with Crippen LogP contribution in [-0.4, -0.2) is 9.55 Å². The van der Waals surface area contributed by atoms with Crippen LogP contribution in [0.1, 0.15) is 24.4 Å². The van der Waals surface area contributed by atoms with E-state index >= 15 is 0 Å². The molecule has 0 saturated heterocycles. The fraction of sp³-hybridized carbons (Fsp3) is 0.375. The van der Waals surface area contributed by atoms with Crippen molar-refractivity contribution in [1.82, 2.24) is 9.55 Å². The lowest BCUT2D eigenvalue weighted by Gasteiger charge is -2.21. The number of nitrogens with zero attached hydrogens (tertiary/aromatic N) is 1. The summed E-state index contributed by atoms with van der Waals surface area (Å²) in [6.07, 6.45) is 6.73. The van der Waals surface area contributed by atoms with Gasteiger partial charge in [-0.3, -0.25) is 9.36 Å². The molecule has 1 aromatic carbocycles. The molecule has 2 aromatic rings. The quantitative estimate of drug-likeness (QED) is 0.643. The average molecular weight is 284 g/mol. The van der Waals surface area contributed by atoms with Gasteiger partial charge < -0.3 is 4.98 Å². The smallest absolute Gasteiger partial charge is 0.262 e. The molecule has 1 N–H and O–H groups in total. The average Bonchev–Trinajstić information content (AvgIpc) is 3.02. The van der Waals surface area contributed by atoms with Crippen molar-refractivity contribution in [2.75, 3.05) is 0 Å². The van der Waals surface area contributed by atoms with Crippen molar-refractivity contribution in [3.05, 3.63) is 51.0 Å². The maximum atomic E-state index is 12.8. The maximum Gasteiger partial charge on any atom is 0.262 e. The number of fused-ring (bicyclic) bond motifs is 3. The molecule has 3 nitrogen and oxygen atoms in total. The first-order chi connectivity index (χ1) is 9.63. The Morgan fingerprint density at radius 2 is 2.15 bits per heavy atom. The lowest BCUT2D eigenvalue weighted by atomic mass is 10.0. The summed E-state index contributed by atoms with van der Waals surface area (Å²) >= 11 is 5.44. The van der Waals surface area contributed by atoms with Gasteiger partial charge in [0.15, 0.2) is 4.77 Å². The van der Waals surface area contributed by atoms with E-state index in [-0.39, 0.29) is 11.6 Å². The molecule has 4 heteroatoms. The van der Waals surface area contributed by atoms with Gasteiger partial charge in [0.1, 0.15) is 0 Å². The largest absolute Gasteiger partial charge is 0.332 e. The summed E-state index contributed by atoms with van der Waals surface area (Å²) in [5, 5.41) is 0.741. The summed E-state index contributed by atoms with van der Waals surface area (Å²) < 4.78 is 2.36. The van der Waals surface area contributed by atoms with Gasteiger partial charge in [-0.1, -0.05) is 23.8 Å². The normalized spacial score (nSPS) is 27.6. The number of allylic oxidation sites excluding steroid dienone is 2. The van der Waals surface area contributed by atoms with Crippen LogP contribution >= 0.6 is 12.2 Å². The van der Waals surface area contributed by atoms with Gasteiger partial charge in [0, 0.05) is 6.04 Å². The number of H-pyrrole nitrogens is 1. The highest BCUT2D eigenvalue weighted by Gasteiger charge is 2.37. The van der Waals surface area contributed by atoms with Gasteiger partial charge in [0.05, 0.1) is 10.9 Å². The second kappa shape index (κ2) is 4.16. The first kappa shape index (κ1) is 12.1. The van der Waals surface area contributed by atoms with Gasteiger partial charge in [-0.2, -0.15) is 0 Å². The highest BCUT2D eigenvalue weighted by atomic mass is 32.1. The predicted octanol–water partition coefficient (Wildman–Crippen LogP) is 3.50. The van der Waals surface area contributed by atoms with E-state index < -0.39 is 0 Å². The minimum absolute atomic E-state index is 0.0541. The first-order valence-electron chi connectivity index (χ1n) is 7.07. The van der Waals surface area contributed by atoms with Crippen molar-refractivity contribution in [2.45, 2.75) is 25.8 Å². The number of aromatic nitrogens is 2. The van der Waals surface area contributed by atoms with Crippen LogP contribution in [-0.2, 0) is 0 Å². The molecule has 4 rings (SSSR count). The maximum absolute atomic E-state index is 12.8. The molecule has 2 aliphatic rings. The van der Waals surface area contributed by atoms with E-state index in [2.05, 4.69) is 17.1 Å². The Morgan fingerprint density at radius 1 is 1.30 bits per heavy atom. The summed E-state index contributed by atoms with van der Waals surface area (Å²) in [6, 6.07) is 6.11. The molecule has 0 aliphatic heterocycles. The molecule has 2 aliphatic carbocycles. The zero-order chi connectivity index (χ0) is 13.9. The van der Waals surface area contributed by atoms with Crippen LogP contribution in [0.3, 0.4) is 0 Å². The molecule has 2 bridgehead atoms. The summed E-state index contributed by atoms with van der Waals surface area (Å²) in [5.74, 6) is 1.09. The molecule has 1 fully saturated rings. The third-order valence-electron chi connectivity index (χ3n) is 4.66. The minimum Gasteiger partial charge on any atom is -0.332 e. The van der Waals surface area contributed by atoms with Gasteiger partial charge >= 0.3 is 0 Å². The minimum atomic E-state index is 0.0541. The second-order valence-electron chi connectivity index (χ2n) is 6.00. The van der Waals surface area contributed by atoms with Crippen LogP contribution in [0.15, 0.2) is 35.1 Å². The fourth-order valence-electron chi connectivity index (χ4n) is 3.69. The third-order valence-corrected chi connectivity index (χ3v) is 4.96. The van der Waals surface area contributed by atoms with E-state index in [0.717, 1.165) is 29.3 Å². The topological polar surface area (TPSA) is 37.8 Å². The van der Waals surface area contributed by atoms with Crippen molar-refractivity contribution in [3.8, 4) is 0 Å². The molecule has 1 heterocycles. The van der Waals surface area contributed by atoms with Gasteiger partial charge in [-0.25, -0.2) is 0 Å². The summed E-state index contributed by atoms with van der Waals surface area (Å²) in [4.78, 5) is 16.0. The second-order valence-corrected chi connectivity index (χ2v) is 6.39. The predicted molar refractivity (Wildman–Crippen MR) is 82.5 cm³/mol. The lowest BCUT2D eigenvalue weighted by molar-refractivity contribution is 0.414. The van der Waals surface area contributed by atoms with Crippen LogP contribution in [0.5, 0.6) is 0 Å². The van der Waals surface area contributed by atoms with E-state index in [1.54, 1.807) is 0 Å². The third kappa shape index (κ3) is 1.64. The van der Waals surface area contributed by atoms with Gasteiger partial charge in [-0.15, -0.1) is 0 Å². The van der Waals surface area contributed by atoms with Crippen LogP contribution in [0.2, 0.25) is 0 Å². The van der Waals surface area contributed by atoms with Gasteiger partial charge in [0.2, 0.25) is 0 Å². The number of aryl methyl sites for hydroxylation is 1. The molecular formula is C16H16N2OS. The summed E-state index contributed by atoms with van der Waals surface area (Å²) in [6.45, 7) is 2.01. The molecule has 20 heavy (non-hydrogen) atoms. The van der Waals surface area contributed by atoms with E-state index in [4.69, 9.17) is 12.2 Å². The van der Waals surface area contributed by atoms with Crippen molar-refractivity contribution < 1.29 is 0 Å². The van der Waals surface area contributed by atoms with Crippen molar-refractivity contribution in [3.63, 3.8) is 0 Å². The van der Waals surface area contributed by atoms with Gasteiger partial charge in [-0.05, 0) is 56.0 Å². The van der Waals surface area contributed by atoms with E-state index in [9.17, 15) is 4.79 Å². The Hall–Kier alpha value is -1.68. The van der Waals surface area contributed by atoms with E-state index in [1.165, 1.54) is 0 Å². The Balaban J connectivity index is 1.98. The molecule has 0 radical (unpaired) electrons. The number of aromatic amines is 1. The molecule has 1 saturated carbocycles. The number of rotatable bonds is 1. The molecule has 1 aromatic heterocycles. The van der Waals surface area contributed by atoms with Crippen LogP contribution in [0.4, 0.5) is 0 Å². The molecule has 0 spiro atoms. The zero-order valence-electron chi connectivity index (χ0n) is 11.3. The number of hydrogen-bond acceptors (Lipinski definition) is 2. The van der Waals surface area contributed by atoms with Gasteiger partial charge in [0.25, 0.3) is 5.56 Å². The highest BCUT2D eigenvalue weighted by molar-refractivity contribution is 7.71. The van der Waals surface area contributed by atoms with Crippen LogP contribution in [0.25, 0.3) is 10.9 Å². The zero-order valence-corrected chi connectivity index (χ0v) is 12.1. The summed E-state index contributed by atoms with van der Waals surface area (Å²) in [5.41, 5.74) is 1.98. The van der Waals surface area contributed by atoms with E-state index in [0.29, 0.717) is 16.6 Å². The van der Waals surface area contributed by atoms with Crippen molar-refractivity contribution in [1.29, 1.82) is 0 Å². The molecule has 0 amide bonds. The standard InChI is InChI=1S/C16H16N2OS/c1-9-2-5-13-12(6-9)15(19)18(16(20)17-13)14-8-10-3-4-11(14)7-10/h2-6,10-11,14H,7-8H2,1H3,(H,17,20)/t10-,11+,14-/m1/s1. The number of benzene rings is 1. The number of hydrogen-bond donors (Lipinski definition) is 1. The highest BCUT2D eigenvalue weighted by Crippen LogP contribution is 2.45. The molecule has 3 atom stereocenters. The molecule has 0 unspecified atom stereocenters. The Kier molecular flexibility index (Phi) is 2.51. The lowest BCUT2D eigenvalue weighted by Crippen LogP contribution is -2.28. The first-order valence-corrected chi connectivity index (χ1v) is 7.48. The molecule has 102 valence electrons. The van der Waals surface area contributed by atoms with Crippen LogP contribution in [0, 0.1) is 23.5 Å². The number of nitrogens with one attached hydrogen (secondary N) is 1. The monoisotopic (exact) mass is 284 g/mol. The van der Waals surface area contributed by atoms with Crippen molar-refractivity contribution in [2.24, 2.45) is 11.8 Å². The van der Waals surface area contributed by atoms with Crippen LogP contribution < -0.4 is 5.56 Å². The van der Waals surface area contributed by atoms with E-state index in [1.807, 2.05) is 29.7 Å². The fourth-order valence-corrected chi connectivity index (χ4v) is 4.02. The van der Waals surface area contributed by atoms with Crippen molar-refractivity contribution >= 4 is 23.1 Å².